The number of thiazole rings is 1. The first-order valence-corrected chi connectivity index (χ1v) is 8.77. The number of pyridine rings is 1. The summed E-state index contributed by atoms with van der Waals surface area (Å²) in [6.45, 7) is 6.12. The number of hydrogen-bond acceptors (Lipinski definition) is 5. The van der Waals surface area contributed by atoms with Crippen molar-refractivity contribution in [3.63, 3.8) is 0 Å². The van der Waals surface area contributed by atoms with Crippen LogP contribution in [0.25, 0.3) is 0 Å². The predicted octanol–water partition coefficient (Wildman–Crippen LogP) is 3.09. The lowest BCUT2D eigenvalue weighted by Gasteiger charge is -2.31. The maximum absolute atomic E-state index is 12.5. The zero-order valence-electron chi connectivity index (χ0n) is 13.5. The third kappa shape index (κ3) is 3.69. The summed E-state index contributed by atoms with van der Waals surface area (Å²) in [5.41, 5.74) is 3.62. The average molecular weight is 331 g/mol. The van der Waals surface area contributed by atoms with Crippen molar-refractivity contribution in [1.29, 1.82) is 0 Å². The highest BCUT2D eigenvalue weighted by molar-refractivity contribution is 7.11. The molecule has 0 N–H and O–H groups in total. The van der Waals surface area contributed by atoms with Gasteiger partial charge in [-0.15, -0.1) is 11.3 Å². The van der Waals surface area contributed by atoms with Crippen molar-refractivity contribution in [3.05, 3.63) is 40.0 Å². The standard InChI is InChI=1S/C17H21N3O2S/c1-12-4-3-7-18-16(12)22-10-14-5-8-20(9-6-14)17(21)15-13(2)19-11-23-15/h3-4,7,11,14H,5-6,8-10H2,1-2H3. The molecule has 0 atom stereocenters. The van der Waals surface area contributed by atoms with E-state index in [-0.39, 0.29) is 5.91 Å². The molecule has 3 rings (SSSR count). The maximum atomic E-state index is 12.5. The van der Waals surface area contributed by atoms with E-state index >= 15 is 0 Å². The Bertz CT molecular complexity index is 678. The summed E-state index contributed by atoms with van der Waals surface area (Å²) in [6.07, 6.45) is 3.69. The number of carbonyl (C=O) groups excluding carboxylic acids is 1. The van der Waals surface area contributed by atoms with E-state index in [1.54, 1.807) is 11.7 Å². The quantitative estimate of drug-likeness (QED) is 0.864. The molecule has 0 aromatic carbocycles. The first-order valence-electron chi connectivity index (χ1n) is 7.89. The Hall–Kier alpha value is -1.95. The zero-order valence-corrected chi connectivity index (χ0v) is 14.3. The number of hydrogen-bond donors (Lipinski definition) is 0. The highest BCUT2D eigenvalue weighted by Crippen LogP contribution is 2.23. The van der Waals surface area contributed by atoms with Gasteiger partial charge in [-0.3, -0.25) is 4.79 Å². The Balaban J connectivity index is 1.50. The highest BCUT2D eigenvalue weighted by atomic mass is 32.1. The summed E-state index contributed by atoms with van der Waals surface area (Å²) < 4.78 is 5.84. The Morgan fingerprint density at radius 1 is 1.35 bits per heavy atom. The van der Waals surface area contributed by atoms with E-state index in [1.165, 1.54) is 11.3 Å². The molecule has 3 heterocycles. The van der Waals surface area contributed by atoms with Gasteiger partial charge >= 0.3 is 0 Å². The van der Waals surface area contributed by atoms with Gasteiger partial charge in [0, 0.05) is 24.8 Å². The van der Waals surface area contributed by atoms with Crippen LogP contribution in [0.3, 0.4) is 0 Å². The van der Waals surface area contributed by atoms with Crippen LogP contribution in [0.5, 0.6) is 5.88 Å². The third-order valence-corrected chi connectivity index (χ3v) is 5.18. The second kappa shape index (κ2) is 7.08. The Kier molecular flexibility index (Phi) is 4.91. The molecule has 1 amide bonds. The van der Waals surface area contributed by atoms with Crippen LogP contribution in [0.4, 0.5) is 0 Å². The van der Waals surface area contributed by atoms with Crippen LogP contribution >= 0.6 is 11.3 Å². The van der Waals surface area contributed by atoms with Crippen molar-refractivity contribution in [1.82, 2.24) is 14.9 Å². The molecule has 1 fully saturated rings. The van der Waals surface area contributed by atoms with Gasteiger partial charge in [0.25, 0.3) is 5.91 Å². The molecule has 0 spiro atoms. The molecular formula is C17H21N3O2S. The average Bonchev–Trinajstić information content (AvgIpc) is 3.00. The molecule has 0 bridgehead atoms. The number of nitrogens with zero attached hydrogens (tertiary/aromatic N) is 3. The van der Waals surface area contributed by atoms with Crippen molar-refractivity contribution in [3.8, 4) is 5.88 Å². The lowest BCUT2D eigenvalue weighted by Crippen LogP contribution is -2.39. The number of piperidine rings is 1. The minimum absolute atomic E-state index is 0.116. The molecule has 1 aliphatic rings. The molecule has 122 valence electrons. The summed E-state index contributed by atoms with van der Waals surface area (Å²) in [7, 11) is 0. The van der Waals surface area contributed by atoms with Crippen molar-refractivity contribution in [2.24, 2.45) is 5.92 Å². The van der Waals surface area contributed by atoms with Crippen molar-refractivity contribution >= 4 is 17.2 Å². The van der Waals surface area contributed by atoms with Crippen LogP contribution in [0, 0.1) is 19.8 Å². The monoisotopic (exact) mass is 331 g/mol. The summed E-state index contributed by atoms with van der Waals surface area (Å²) >= 11 is 1.43. The number of likely N-dealkylation sites (tertiary alicyclic amines) is 1. The molecule has 2 aromatic rings. The summed E-state index contributed by atoms with van der Waals surface area (Å²) in [5, 5.41) is 0. The largest absolute Gasteiger partial charge is 0.477 e. The molecule has 6 heteroatoms. The lowest BCUT2D eigenvalue weighted by molar-refractivity contribution is 0.0663. The Morgan fingerprint density at radius 3 is 2.78 bits per heavy atom. The van der Waals surface area contributed by atoms with Crippen LogP contribution in [-0.2, 0) is 0 Å². The Labute approximate surface area is 140 Å². The summed E-state index contributed by atoms with van der Waals surface area (Å²) in [4.78, 5) is 23.6. The minimum atomic E-state index is 0.116. The van der Waals surface area contributed by atoms with Gasteiger partial charge in [-0.25, -0.2) is 9.97 Å². The van der Waals surface area contributed by atoms with Crippen LogP contribution in [-0.4, -0.2) is 40.5 Å². The first kappa shape index (κ1) is 15.9. The van der Waals surface area contributed by atoms with Crippen LogP contribution in [0.15, 0.2) is 23.8 Å². The fraction of sp³-hybridized carbons (Fsp3) is 0.471. The van der Waals surface area contributed by atoms with Gasteiger partial charge in [-0.2, -0.15) is 0 Å². The molecule has 5 nitrogen and oxygen atoms in total. The molecule has 1 saturated heterocycles. The number of rotatable bonds is 4. The van der Waals surface area contributed by atoms with Gasteiger partial charge in [0.1, 0.15) is 4.88 Å². The highest BCUT2D eigenvalue weighted by Gasteiger charge is 2.26. The summed E-state index contributed by atoms with van der Waals surface area (Å²) in [5.74, 6) is 1.30. The van der Waals surface area contributed by atoms with Crippen LogP contribution in [0.2, 0.25) is 0 Å². The van der Waals surface area contributed by atoms with Crippen LogP contribution in [0.1, 0.15) is 33.8 Å². The SMILES string of the molecule is Cc1cccnc1OCC1CCN(C(=O)c2scnc2C)CC1. The topological polar surface area (TPSA) is 55.3 Å². The van der Waals surface area contributed by atoms with E-state index in [9.17, 15) is 4.79 Å². The third-order valence-electron chi connectivity index (χ3n) is 4.26. The molecule has 0 saturated carbocycles. The van der Waals surface area contributed by atoms with E-state index in [0.717, 1.165) is 42.1 Å². The van der Waals surface area contributed by atoms with E-state index in [0.29, 0.717) is 18.4 Å². The second-order valence-electron chi connectivity index (χ2n) is 5.94. The van der Waals surface area contributed by atoms with E-state index in [2.05, 4.69) is 9.97 Å². The Morgan fingerprint density at radius 2 is 2.13 bits per heavy atom. The molecule has 2 aromatic heterocycles. The number of ether oxygens (including phenoxy) is 1. The number of carbonyl (C=O) groups is 1. The van der Waals surface area contributed by atoms with Gasteiger partial charge in [0.2, 0.25) is 5.88 Å². The molecule has 1 aliphatic heterocycles. The van der Waals surface area contributed by atoms with E-state index in [1.807, 2.05) is 30.9 Å². The van der Waals surface area contributed by atoms with Gasteiger partial charge in [-0.05, 0) is 38.7 Å². The van der Waals surface area contributed by atoms with Crippen molar-refractivity contribution < 1.29 is 9.53 Å². The lowest BCUT2D eigenvalue weighted by atomic mass is 9.97. The van der Waals surface area contributed by atoms with Crippen molar-refractivity contribution in [2.75, 3.05) is 19.7 Å². The molecule has 0 unspecified atom stereocenters. The van der Waals surface area contributed by atoms with Crippen LogP contribution < -0.4 is 4.74 Å². The van der Waals surface area contributed by atoms with E-state index < -0.39 is 0 Å². The maximum Gasteiger partial charge on any atom is 0.265 e. The molecule has 0 radical (unpaired) electrons. The number of aromatic nitrogens is 2. The molecule has 23 heavy (non-hydrogen) atoms. The number of amides is 1. The minimum Gasteiger partial charge on any atom is -0.477 e. The van der Waals surface area contributed by atoms with Gasteiger partial charge in [0.15, 0.2) is 0 Å². The molecule has 0 aliphatic carbocycles. The predicted molar refractivity (Wildman–Crippen MR) is 89.9 cm³/mol. The fourth-order valence-corrected chi connectivity index (χ4v) is 3.54. The van der Waals surface area contributed by atoms with Gasteiger partial charge < -0.3 is 9.64 Å². The van der Waals surface area contributed by atoms with Gasteiger partial charge in [-0.1, -0.05) is 6.07 Å². The molecular weight excluding hydrogens is 310 g/mol. The zero-order chi connectivity index (χ0) is 16.2. The normalized spacial score (nSPS) is 15.7. The van der Waals surface area contributed by atoms with E-state index in [4.69, 9.17) is 4.74 Å². The van der Waals surface area contributed by atoms with Crippen molar-refractivity contribution in [2.45, 2.75) is 26.7 Å². The second-order valence-corrected chi connectivity index (χ2v) is 6.79. The first-order chi connectivity index (χ1) is 11.1. The number of aryl methyl sites for hydroxylation is 2. The fourth-order valence-electron chi connectivity index (χ4n) is 2.77. The smallest absolute Gasteiger partial charge is 0.265 e. The summed E-state index contributed by atoms with van der Waals surface area (Å²) in [6, 6.07) is 3.91. The van der Waals surface area contributed by atoms with Gasteiger partial charge in [0.05, 0.1) is 17.8 Å².